The van der Waals surface area contributed by atoms with E-state index in [1.165, 1.54) is 221 Å². The van der Waals surface area contributed by atoms with Crippen LogP contribution in [-0.2, 0) is 0 Å². The molecular weight excluding hydrogens is 1490 g/mol. The van der Waals surface area contributed by atoms with Gasteiger partial charge in [0.2, 0.25) is 0 Å². The van der Waals surface area contributed by atoms with Gasteiger partial charge in [-0.25, -0.2) is 0 Å². The van der Waals surface area contributed by atoms with Gasteiger partial charge in [-0.15, -0.1) is 0 Å². The molecule has 22 aromatic rings. The zero-order valence-electron chi connectivity index (χ0n) is 68.5. The molecule has 0 fully saturated rings. The molecule has 0 saturated carbocycles. The number of rotatable bonds is 16. The second-order valence-electron chi connectivity index (χ2n) is 31.9. The van der Waals surface area contributed by atoms with Crippen LogP contribution in [0, 0.1) is 0 Å². The minimum atomic E-state index is 1.19. The van der Waals surface area contributed by atoms with Crippen molar-refractivity contribution in [2.75, 3.05) is 0 Å². The van der Waals surface area contributed by atoms with Crippen LogP contribution in [0.4, 0.5) is 0 Å². The molecule has 580 valence electrons. The second-order valence-corrected chi connectivity index (χ2v) is 31.9. The maximum atomic E-state index is 2.46. The highest BCUT2D eigenvalue weighted by molar-refractivity contribution is 6.26. The minimum Gasteiger partial charge on any atom is -0.0622 e. The summed E-state index contributed by atoms with van der Waals surface area (Å²) in [6.45, 7) is 0. The quantitative estimate of drug-likeness (QED) is 0.0846. The molecule has 0 aromatic heterocycles. The molecule has 0 aliphatic rings. The molecule has 0 amide bonds. The molecule has 0 N–H and O–H groups in total. The first-order valence-corrected chi connectivity index (χ1v) is 42.9. The average molecular weight is 1570 g/mol. The normalized spacial score (nSPS) is 11.2. The van der Waals surface area contributed by atoms with E-state index in [4.69, 9.17) is 0 Å². The number of benzene rings is 22. The van der Waals surface area contributed by atoms with Gasteiger partial charge in [0.1, 0.15) is 0 Å². The Morgan fingerprint density at radius 1 is 0.0726 bits per heavy atom. The fraction of sp³-hybridized carbons (Fsp3) is 0. The maximum Gasteiger partial charge on any atom is -0.00199 e. The lowest BCUT2D eigenvalue weighted by atomic mass is 9.79. The van der Waals surface area contributed by atoms with Crippen LogP contribution in [-0.4, -0.2) is 0 Å². The van der Waals surface area contributed by atoms with Gasteiger partial charge in [-0.3, -0.25) is 0 Å². The Bertz CT molecular complexity index is 6900. The molecule has 0 aliphatic carbocycles. The summed E-state index contributed by atoms with van der Waals surface area (Å²) in [6, 6.07) is 186. The maximum absolute atomic E-state index is 2.46. The topological polar surface area (TPSA) is 0 Å². The third-order valence-electron chi connectivity index (χ3n) is 24.5. The van der Waals surface area contributed by atoms with E-state index in [0.717, 1.165) is 0 Å². The predicted octanol–water partition coefficient (Wildman–Crippen LogP) is 34.7. The molecular formula is C124H84. The lowest BCUT2D eigenvalue weighted by molar-refractivity contribution is 1.55. The Hall–Kier alpha value is -16.1. The van der Waals surface area contributed by atoms with E-state index in [1.54, 1.807) is 0 Å². The first-order chi connectivity index (χ1) is 61.6. The van der Waals surface area contributed by atoms with Crippen molar-refractivity contribution in [3.8, 4) is 178 Å². The number of hydrogen-bond donors (Lipinski definition) is 0. The monoisotopic (exact) mass is 1570 g/mol. The summed E-state index contributed by atoms with van der Waals surface area (Å²) < 4.78 is 0. The molecule has 0 bridgehead atoms. The predicted molar refractivity (Wildman–Crippen MR) is 530 cm³/mol. The summed E-state index contributed by atoms with van der Waals surface area (Å²) in [6.07, 6.45) is 0. The van der Waals surface area contributed by atoms with Crippen molar-refractivity contribution < 1.29 is 0 Å². The first-order valence-electron chi connectivity index (χ1n) is 42.9. The van der Waals surface area contributed by atoms with Crippen LogP contribution < -0.4 is 0 Å². The summed E-state index contributed by atoms with van der Waals surface area (Å²) in [5.41, 5.74) is 38.6. The van der Waals surface area contributed by atoms with E-state index < -0.39 is 0 Å². The number of hydrogen-bond acceptors (Lipinski definition) is 0. The van der Waals surface area contributed by atoms with Gasteiger partial charge in [0, 0.05) is 0 Å². The summed E-state index contributed by atoms with van der Waals surface area (Å²) in [5.74, 6) is 0. The Balaban J connectivity index is 0.000000152. The van der Waals surface area contributed by atoms with Gasteiger partial charge < -0.3 is 0 Å². The van der Waals surface area contributed by atoms with Gasteiger partial charge in [-0.05, 0) is 270 Å². The molecule has 22 aromatic carbocycles. The van der Waals surface area contributed by atoms with Crippen LogP contribution in [0.1, 0.15) is 0 Å². The molecule has 0 saturated heterocycles. The zero-order valence-corrected chi connectivity index (χ0v) is 68.5. The van der Waals surface area contributed by atoms with Crippen LogP contribution in [0.15, 0.2) is 510 Å². The van der Waals surface area contributed by atoms with Crippen molar-refractivity contribution in [3.63, 3.8) is 0 Å². The van der Waals surface area contributed by atoms with E-state index in [9.17, 15) is 0 Å². The van der Waals surface area contributed by atoms with Gasteiger partial charge >= 0.3 is 0 Å². The Labute approximate surface area is 725 Å². The smallest absolute Gasteiger partial charge is 0.00199 e. The van der Waals surface area contributed by atoms with Gasteiger partial charge in [-0.1, -0.05) is 461 Å². The molecule has 0 aliphatic heterocycles. The van der Waals surface area contributed by atoms with Crippen LogP contribution in [0.2, 0.25) is 0 Å². The zero-order chi connectivity index (χ0) is 82.5. The third kappa shape index (κ3) is 14.5. The first kappa shape index (κ1) is 75.4. The highest BCUT2D eigenvalue weighted by atomic mass is 14.3. The fourth-order valence-corrected chi connectivity index (χ4v) is 19.0. The van der Waals surface area contributed by atoms with E-state index >= 15 is 0 Å². The highest BCUT2D eigenvalue weighted by Gasteiger charge is 2.28. The van der Waals surface area contributed by atoms with E-state index in [1.807, 2.05) is 0 Å². The Morgan fingerprint density at radius 3 is 0.379 bits per heavy atom. The largest absolute Gasteiger partial charge is 0.0622 e. The SMILES string of the molecule is c1ccc(-c2cc(-c3c4ccccc4c(-c4cc(-c5ccccc5)c(-c5ccccc5)c(-c5ccccc5)c4)c4ccccc34)cc(-c3ccccc3)c2-c2ccccc2)cc1.c1ccc(-c2cc(-c3ccccc3)c(-c3c4ccccc4c(-c4cc(-c5ccccc5)c(-c5ccccc5)cc4-c4ccccc4)c4ccccc34)cc2-c2ccccc2)cc1. The Morgan fingerprint density at radius 2 is 0.202 bits per heavy atom. The number of fused-ring (bicyclic) bond motifs is 4. The minimum absolute atomic E-state index is 1.19. The van der Waals surface area contributed by atoms with Crippen molar-refractivity contribution in [2.45, 2.75) is 0 Å². The molecule has 0 radical (unpaired) electrons. The van der Waals surface area contributed by atoms with Crippen molar-refractivity contribution >= 4 is 43.1 Å². The molecule has 0 heteroatoms. The lowest BCUT2D eigenvalue weighted by Crippen LogP contribution is -1.97. The summed E-state index contributed by atoms with van der Waals surface area (Å²) in [5, 5.41) is 9.77. The third-order valence-corrected chi connectivity index (χ3v) is 24.5. The van der Waals surface area contributed by atoms with Crippen LogP contribution in [0.5, 0.6) is 0 Å². The molecule has 0 unspecified atom stereocenters. The molecule has 0 nitrogen and oxygen atoms in total. The van der Waals surface area contributed by atoms with Gasteiger partial charge in [0.25, 0.3) is 0 Å². The van der Waals surface area contributed by atoms with Gasteiger partial charge in [0.15, 0.2) is 0 Å². The van der Waals surface area contributed by atoms with Crippen LogP contribution in [0.3, 0.4) is 0 Å². The van der Waals surface area contributed by atoms with Crippen molar-refractivity contribution in [2.24, 2.45) is 0 Å². The van der Waals surface area contributed by atoms with E-state index in [-0.39, 0.29) is 0 Å². The van der Waals surface area contributed by atoms with Gasteiger partial charge in [0.05, 0.1) is 0 Å². The lowest BCUT2D eigenvalue weighted by Gasteiger charge is -2.24. The molecule has 0 spiro atoms. The van der Waals surface area contributed by atoms with Crippen molar-refractivity contribution in [3.05, 3.63) is 510 Å². The molecule has 22 rings (SSSR count). The fourth-order valence-electron chi connectivity index (χ4n) is 19.0. The van der Waals surface area contributed by atoms with E-state index in [0.29, 0.717) is 0 Å². The van der Waals surface area contributed by atoms with Crippen molar-refractivity contribution in [1.82, 2.24) is 0 Å². The summed E-state index contributed by atoms with van der Waals surface area (Å²) in [4.78, 5) is 0. The summed E-state index contributed by atoms with van der Waals surface area (Å²) >= 11 is 0. The van der Waals surface area contributed by atoms with Crippen LogP contribution in [0.25, 0.3) is 221 Å². The van der Waals surface area contributed by atoms with Crippen molar-refractivity contribution in [1.29, 1.82) is 0 Å². The Kier molecular flexibility index (Phi) is 20.6. The van der Waals surface area contributed by atoms with Crippen LogP contribution >= 0.6 is 0 Å². The van der Waals surface area contributed by atoms with Gasteiger partial charge in [-0.2, -0.15) is 0 Å². The standard InChI is InChI=1S/2C62H42/c1-7-23-43(24-8-1)55-39-49(40-56(44-25-9-2-10-26-44)59(55)47-31-15-5-16-32-47)61-51-35-19-21-37-53(51)62(54-38-22-20-36-52(54)61)50-41-57(45-27-11-3-12-28-45)60(48-33-17-6-18-34-48)58(42-50)46-29-13-4-14-30-46;1-7-23-43(24-8-1)53-39-57(47-31-15-5-16-32-47)59(41-55(53)45-27-11-3-12-28-45)61-49-35-19-21-37-51(49)62(52-38-22-20-36-50(52)61)60-42-56(46-29-13-4-14-30-46)54(44-25-9-2-10-26-44)40-58(60)48-33-17-6-18-34-48/h2*1-42H. The summed E-state index contributed by atoms with van der Waals surface area (Å²) in [7, 11) is 0. The van der Waals surface area contributed by atoms with E-state index in [2.05, 4.69) is 510 Å². The highest BCUT2D eigenvalue weighted by Crippen LogP contribution is 2.55. The molecule has 0 atom stereocenters. The molecule has 124 heavy (non-hydrogen) atoms. The second kappa shape index (κ2) is 33.9. The molecule has 0 heterocycles. The average Bonchev–Trinajstić information content (AvgIpc) is 0.745.